The monoisotopic (exact) mass is 301 g/mol. The highest BCUT2D eigenvalue weighted by Gasteiger charge is 2.15. The van der Waals surface area contributed by atoms with Crippen molar-refractivity contribution in [3.63, 3.8) is 0 Å². The number of carbonyl (C=O) groups is 1. The van der Waals surface area contributed by atoms with E-state index in [-0.39, 0.29) is 17.4 Å². The van der Waals surface area contributed by atoms with Crippen molar-refractivity contribution in [3.8, 4) is 0 Å². The summed E-state index contributed by atoms with van der Waals surface area (Å²) in [6, 6.07) is -0.0238. The first-order chi connectivity index (χ1) is 10.6. The molecule has 3 aromatic rings. The molecule has 114 valence electrons. The summed E-state index contributed by atoms with van der Waals surface area (Å²) in [5, 5.41) is 9.52. The van der Waals surface area contributed by atoms with Crippen LogP contribution in [0.15, 0.2) is 29.7 Å². The molecule has 0 aliphatic carbocycles. The average Bonchev–Trinajstić information content (AvgIpc) is 3.14. The number of hydrogen-bond acceptors (Lipinski definition) is 5. The highest BCUT2D eigenvalue weighted by atomic mass is 16.2. The van der Waals surface area contributed by atoms with Crippen LogP contribution in [0.5, 0.6) is 0 Å². The number of carbonyl (C=O) groups excluding carboxylic acids is 1. The van der Waals surface area contributed by atoms with Crippen molar-refractivity contribution >= 4 is 11.7 Å². The summed E-state index contributed by atoms with van der Waals surface area (Å²) in [6.07, 6.45) is 6.22. The van der Waals surface area contributed by atoms with Crippen molar-refractivity contribution in [3.05, 3.63) is 46.4 Å². The molecular formula is C13H15N7O2. The maximum atomic E-state index is 12.1. The Bertz CT molecular complexity index is 876. The summed E-state index contributed by atoms with van der Waals surface area (Å²) < 4.78 is 2.88. The van der Waals surface area contributed by atoms with E-state index in [2.05, 4.69) is 25.5 Å². The molecule has 22 heavy (non-hydrogen) atoms. The minimum Gasteiger partial charge on any atom is -0.350 e. The van der Waals surface area contributed by atoms with Gasteiger partial charge in [-0.25, -0.2) is 9.97 Å². The maximum Gasteiger partial charge on any atom is 0.286 e. The third-order valence-electron chi connectivity index (χ3n) is 3.29. The predicted molar refractivity (Wildman–Crippen MR) is 77.6 cm³/mol. The first-order valence-electron chi connectivity index (χ1n) is 6.76. The Kier molecular flexibility index (Phi) is 3.45. The summed E-state index contributed by atoms with van der Waals surface area (Å²) in [4.78, 5) is 32.1. The highest BCUT2D eigenvalue weighted by Crippen LogP contribution is 2.04. The maximum absolute atomic E-state index is 12.1. The Balaban J connectivity index is 1.73. The first kappa shape index (κ1) is 14.0. The lowest BCUT2D eigenvalue weighted by Gasteiger charge is -2.13. The molecule has 0 fully saturated rings. The number of nitrogens with zero attached hydrogens (tertiary/aromatic N) is 5. The fourth-order valence-electron chi connectivity index (χ4n) is 2.06. The minimum absolute atomic E-state index is 0.0238. The highest BCUT2D eigenvalue weighted by molar-refractivity contribution is 5.93. The number of amides is 1. The van der Waals surface area contributed by atoms with Crippen LogP contribution in [0.25, 0.3) is 5.78 Å². The van der Waals surface area contributed by atoms with E-state index in [9.17, 15) is 9.59 Å². The molecule has 0 aliphatic rings. The van der Waals surface area contributed by atoms with Crippen LogP contribution in [0.1, 0.15) is 28.9 Å². The number of fused-ring (bicyclic) bond motifs is 1. The Hall–Kier alpha value is -2.97. The normalized spacial score (nSPS) is 12.5. The zero-order valence-corrected chi connectivity index (χ0v) is 12.1. The summed E-state index contributed by atoms with van der Waals surface area (Å²) >= 11 is 0. The molecule has 9 nitrogen and oxygen atoms in total. The zero-order chi connectivity index (χ0) is 15.7. The molecule has 9 heteroatoms. The fourth-order valence-corrected chi connectivity index (χ4v) is 2.06. The van der Waals surface area contributed by atoms with Crippen molar-refractivity contribution in [1.29, 1.82) is 0 Å². The molecule has 0 unspecified atom stereocenters. The van der Waals surface area contributed by atoms with E-state index in [1.807, 2.05) is 20.0 Å². The van der Waals surface area contributed by atoms with Gasteiger partial charge in [0, 0.05) is 18.9 Å². The van der Waals surface area contributed by atoms with Crippen LogP contribution >= 0.6 is 0 Å². The Morgan fingerprint density at radius 1 is 1.41 bits per heavy atom. The van der Waals surface area contributed by atoms with Gasteiger partial charge in [0.15, 0.2) is 0 Å². The van der Waals surface area contributed by atoms with Crippen LogP contribution in [0.4, 0.5) is 0 Å². The number of hydrogen-bond donors (Lipinski definition) is 2. The van der Waals surface area contributed by atoms with Gasteiger partial charge in [0.1, 0.15) is 11.9 Å². The molecule has 0 aromatic carbocycles. The number of H-pyrrole nitrogens is 1. The average molecular weight is 301 g/mol. The van der Waals surface area contributed by atoms with Gasteiger partial charge in [-0.1, -0.05) is 0 Å². The molecule has 0 saturated carbocycles. The number of aromatic amines is 1. The van der Waals surface area contributed by atoms with Crippen LogP contribution in [0.3, 0.4) is 0 Å². The SMILES string of the molecule is Cc1cnn([C@@H](C)CNC(=O)c2cnc3nc[nH]n3c2=O)c1. The molecule has 3 rings (SSSR count). The second-order valence-corrected chi connectivity index (χ2v) is 5.06. The smallest absolute Gasteiger partial charge is 0.286 e. The van der Waals surface area contributed by atoms with E-state index in [1.54, 1.807) is 10.9 Å². The quantitative estimate of drug-likeness (QED) is 0.700. The van der Waals surface area contributed by atoms with E-state index in [0.717, 1.165) is 10.1 Å². The third-order valence-corrected chi connectivity index (χ3v) is 3.29. The Labute approximate surface area is 125 Å². The van der Waals surface area contributed by atoms with Crippen molar-refractivity contribution in [2.24, 2.45) is 0 Å². The van der Waals surface area contributed by atoms with Gasteiger partial charge in [-0.2, -0.15) is 9.61 Å². The summed E-state index contributed by atoms with van der Waals surface area (Å²) in [5.41, 5.74) is 0.526. The molecule has 0 aliphatic heterocycles. The molecule has 1 atom stereocenters. The summed E-state index contributed by atoms with van der Waals surface area (Å²) in [7, 11) is 0. The van der Waals surface area contributed by atoms with E-state index in [0.29, 0.717) is 6.54 Å². The molecule has 0 radical (unpaired) electrons. The molecule has 0 saturated heterocycles. The lowest BCUT2D eigenvalue weighted by molar-refractivity contribution is 0.0945. The standard InChI is InChI=1S/C13H15N7O2/c1-8-3-17-19(6-8)9(2)4-14-11(21)10-5-15-13-16-7-18-20(13)12(10)22/h3,5-7,9H,4H2,1-2H3,(H,14,21)(H,15,16,18)/t9-/m0/s1. The number of aryl methyl sites for hydroxylation is 1. The van der Waals surface area contributed by atoms with Crippen LogP contribution in [-0.4, -0.2) is 41.8 Å². The van der Waals surface area contributed by atoms with E-state index in [1.165, 1.54) is 12.5 Å². The van der Waals surface area contributed by atoms with Crippen LogP contribution in [0.2, 0.25) is 0 Å². The minimum atomic E-state index is -0.484. The molecule has 3 aromatic heterocycles. The van der Waals surface area contributed by atoms with Gasteiger partial charge >= 0.3 is 0 Å². The molecule has 1 amide bonds. The first-order valence-corrected chi connectivity index (χ1v) is 6.76. The van der Waals surface area contributed by atoms with Crippen molar-refractivity contribution in [2.75, 3.05) is 6.54 Å². The largest absolute Gasteiger partial charge is 0.350 e. The molecule has 0 bridgehead atoms. The van der Waals surface area contributed by atoms with Gasteiger partial charge in [0.2, 0.25) is 0 Å². The molecular weight excluding hydrogens is 286 g/mol. The van der Waals surface area contributed by atoms with Crippen LogP contribution in [-0.2, 0) is 0 Å². The van der Waals surface area contributed by atoms with Gasteiger partial charge in [0.05, 0.1) is 12.2 Å². The van der Waals surface area contributed by atoms with Gasteiger partial charge in [-0.3, -0.25) is 19.4 Å². The second-order valence-electron chi connectivity index (χ2n) is 5.06. The Morgan fingerprint density at radius 2 is 2.23 bits per heavy atom. The van der Waals surface area contributed by atoms with Crippen molar-refractivity contribution in [2.45, 2.75) is 19.9 Å². The Morgan fingerprint density at radius 3 is 2.95 bits per heavy atom. The van der Waals surface area contributed by atoms with E-state index >= 15 is 0 Å². The number of aromatic nitrogens is 6. The van der Waals surface area contributed by atoms with Crippen LogP contribution in [0, 0.1) is 6.92 Å². The lowest BCUT2D eigenvalue weighted by atomic mass is 10.3. The topological polar surface area (TPSA) is 110 Å². The third kappa shape index (κ3) is 2.48. The zero-order valence-electron chi connectivity index (χ0n) is 12.1. The predicted octanol–water partition coefficient (Wildman–Crippen LogP) is -0.0865. The van der Waals surface area contributed by atoms with Gasteiger partial charge < -0.3 is 5.32 Å². The van der Waals surface area contributed by atoms with E-state index < -0.39 is 11.5 Å². The number of rotatable bonds is 4. The second kappa shape index (κ2) is 5.43. The number of nitrogens with one attached hydrogen (secondary N) is 2. The van der Waals surface area contributed by atoms with Crippen molar-refractivity contribution in [1.82, 2.24) is 34.7 Å². The summed E-state index contributed by atoms with van der Waals surface area (Å²) in [5.74, 6) is -0.251. The van der Waals surface area contributed by atoms with Gasteiger partial charge in [-0.05, 0) is 19.4 Å². The molecule has 2 N–H and O–H groups in total. The van der Waals surface area contributed by atoms with Crippen LogP contribution < -0.4 is 10.9 Å². The summed E-state index contributed by atoms with van der Waals surface area (Å²) in [6.45, 7) is 4.22. The van der Waals surface area contributed by atoms with E-state index in [4.69, 9.17) is 0 Å². The fraction of sp³-hybridized carbons (Fsp3) is 0.308. The molecule has 3 heterocycles. The van der Waals surface area contributed by atoms with Gasteiger partial charge in [-0.15, -0.1) is 0 Å². The lowest BCUT2D eigenvalue weighted by Crippen LogP contribution is -2.34. The van der Waals surface area contributed by atoms with Gasteiger partial charge in [0.25, 0.3) is 17.2 Å². The van der Waals surface area contributed by atoms with Crippen molar-refractivity contribution < 1.29 is 4.79 Å². The molecule has 0 spiro atoms.